The highest BCUT2D eigenvalue weighted by molar-refractivity contribution is 5.56. The van der Waals surface area contributed by atoms with Crippen LogP contribution in [-0.4, -0.2) is 43.9 Å². The van der Waals surface area contributed by atoms with Crippen molar-refractivity contribution in [3.8, 4) is 11.8 Å². The van der Waals surface area contributed by atoms with Crippen molar-refractivity contribution in [2.75, 3.05) is 38.6 Å². The van der Waals surface area contributed by atoms with Gasteiger partial charge in [-0.1, -0.05) is 6.92 Å². The molecule has 1 fully saturated rings. The molecule has 0 amide bonds. The zero-order valence-electron chi connectivity index (χ0n) is 11.1. The quantitative estimate of drug-likeness (QED) is 0.826. The van der Waals surface area contributed by atoms with E-state index in [0.717, 1.165) is 26.2 Å². The molecule has 102 valence electrons. The van der Waals surface area contributed by atoms with Crippen molar-refractivity contribution in [3.63, 3.8) is 0 Å². The van der Waals surface area contributed by atoms with E-state index < -0.39 is 0 Å². The summed E-state index contributed by atoms with van der Waals surface area (Å²) in [6.07, 6.45) is 0.0729. The smallest absolute Gasteiger partial charge is 0.142 e. The summed E-state index contributed by atoms with van der Waals surface area (Å²) >= 11 is 0. The number of rotatable bonds is 4. The largest absolute Gasteiger partial charge is 0.489 e. The molecule has 0 bridgehead atoms. The molecule has 2 rings (SSSR count). The zero-order chi connectivity index (χ0) is 13.7. The number of likely N-dealkylation sites (N-methyl/N-ethyl adjacent to an activating group) is 1. The lowest BCUT2D eigenvalue weighted by atomic mass is 10.2. The van der Waals surface area contributed by atoms with Crippen LogP contribution in [0.15, 0.2) is 18.2 Å². The second-order valence-corrected chi connectivity index (χ2v) is 4.56. The molecular weight excluding hydrogens is 242 g/mol. The Hall–Kier alpha value is -1.77. The van der Waals surface area contributed by atoms with Gasteiger partial charge in [-0.25, -0.2) is 0 Å². The first kappa shape index (κ1) is 13.7. The molecule has 1 atom stereocenters. The van der Waals surface area contributed by atoms with Crippen molar-refractivity contribution in [2.24, 2.45) is 0 Å². The monoisotopic (exact) mass is 261 g/mol. The Labute approximate surface area is 113 Å². The van der Waals surface area contributed by atoms with Gasteiger partial charge < -0.3 is 15.2 Å². The molecule has 2 N–H and O–H groups in total. The van der Waals surface area contributed by atoms with Crippen molar-refractivity contribution in [1.82, 2.24) is 4.90 Å². The molecule has 1 aliphatic rings. The van der Waals surface area contributed by atoms with Gasteiger partial charge in [0.05, 0.1) is 23.9 Å². The molecule has 0 spiro atoms. The first-order chi connectivity index (χ1) is 9.22. The highest BCUT2D eigenvalue weighted by Gasteiger charge is 2.20. The lowest BCUT2D eigenvalue weighted by Gasteiger charge is -2.31. The fourth-order valence-electron chi connectivity index (χ4n) is 2.10. The predicted octanol–water partition coefficient (Wildman–Crippen LogP) is 1.24. The fourth-order valence-corrected chi connectivity index (χ4v) is 2.10. The summed E-state index contributed by atoms with van der Waals surface area (Å²) in [6.45, 7) is 6.25. The third-order valence-electron chi connectivity index (χ3n) is 3.23. The van der Waals surface area contributed by atoms with E-state index >= 15 is 0 Å². The van der Waals surface area contributed by atoms with E-state index in [1.165, 1.54) is 0 Å². The van der Waals surface area contributed by atoms with Crippen LogP contribution in [0.5, 0.6) is 5.75 Å². The number of hydrogen-bond acceptors (Lipinski definition) is 5. The van der Waals surface area contributed by atoms with Gasteiger partial charge in [-0.15, -0.1) is 0 Å². The van der Waals surface area contributed by atoms with Crippen LogP contribution in [0.1, 0.15) is 12.5 Å². The van der Waals surface area contributed by atoms with Gasteiger partial charge in [0.2, 0.25) is 0 Å². The van der Waals surface area contributed by atoms with Crippen LogP contribution in [0.3, 0.4) is 0 Å². The zero-order valence-corrected chi connectivity index (χ0v) is 11.1. The minimum Gasteiger partial charge on any atom is -0.489 e. The van der Waals surface area contributed by atoms with Crippen LogP contribution < -0.4 is 10.5 Å². The van der Waals surface area contributed by atoms with Crippen LogP contribution in [0.4, 0.5) is 5.69 Å². The highest BCUT2D eigenvalue weighted by Crippen LogP contribution is 2.22. The fraction of sp³-hybridized carbons (Fsp3) is 0.500. The average Bonchev–Trinajstić information content (AvgIpc) is 2.46. The number of ether oxygens (including phenoxy) is 2. The number of nitrogen functional groups attached to an aromatic ring is 1. The number of nitriles is 1. The van der Waals surface area contributed by atoms with Gasteiger partial charge in [0, 0.05) is 13.1 Å². The van der Waals surface area contributed by atoms with Gasteiger partial charge in [-0.05, 0) is 24.7 Å². The summed E-state index contributed by atoms with van der Waals surface area (Å²) in [6, 6.07) is 7.10. The molecule has 5 nitrogen and oxygen atoms in total. The first-order valence-corrected chi connectivity index (χ1v) is 6.49. The summed E-state index contributed by atoms with van der Waals surface area (Å²) in [5.74, 6) is 0.608. The molecule has 1 unspecified atom stereocenters. The van der Waals surface area contributed by atoms with Gasteiger partial charge in [0.15, 0.2) is 0 Å². The molecule has 5 heteroatoms. The number of nitrogens with two attached hydrogens (primary N) is 1. The Kier molecular flexibility index (Phi) is 4.61. The number of morpholine rings is 1. The molecule has 1 saturated heterocycles. The summed E-state index contributed by atoms with van der Waals surface area (Å²) in [5.41, 5.74) is 6.86. The number of hydrogen-bond donors (Lipinski definition) is 1. The number of nitrogens with zero attached hydrogens (tertiary/aromatic N) is 2. The lowest BCUT2D eigenvalue weighted by molar-refractivity contribution is -0.0462. The van der Waals surface area contributed by atoms with Crippen LogP contribution >= 0.6 is 0 Å². The minimum atomic E-state index is 0.0729. The maximum Gasteiger partial charge on any atom is 0.142 e. The molecule has 1 aromatic carbocycles. The van der Waals surface area contributed by atoms with E-state index in [1.807, 2.05) is 6.07 Å². The molecule has 0 aliphatic carbocycles. The van der Waals surface area contributed by atoms with Crippen LogP contribution in [-0.2, 0) is 4.74 Å². The molecule has 19 heavy (non-hydrogen) atoms. The molecule has 0 radical (unpaired) electrons. The average molecular weight is 261 g/mol. The number of anilines is 1. The van der Waals surface area contributed by atoms with Crippen LogP contribution in [0, 0.1) is 11.3 Å². The Bertz CT molecular complexity index is 470. The van der Waals surface area contributed by atoms with Gasteiger partial charge in [-0.2, -0.15) is 5.26 Å². The van der Waals surface area contributed by atoms with Crippen molar-refractivity contribution < 1.29 is 9.47 Å². The van der Waals surface area contributed by atoms with E-state index in [0.29, 0.717) is 23.6 Å². The Balaban J connectivity index is 1.90. The lowest BCUT2D eigenvalue weighted by Crippen LogP contribution is -2.44. The molecule has 1 heterocycles. The Morgan fingerprint density at radius 3 is 3.11 bits per heavy atom. The summed E-state index contributed by atoms with van der Waals surface area (Å²) in [5, 5.41) is 8.77. The standard InChI is InChI=1S/C14H19N3O2/c1-2-17-5-6-18-12(9-17)10-19-14-4-3-11(8-15)7-13(14)16/h3-4,7,12H,2,5-6,9-10,16H2,1H3. The summed E-state index contributed by atoms with van der Waals surface area (Å²) in [4.78, 5) is 2.33. The van der Waals surface area contributed by atoms with Crippen molar-refractivity contribution in [3.05, 3.63) is 23.8 Å². The van der Waals surface area contributed by atoms with E-state index in [9.17, 15) is 0 Å². The highest BCUT2D eigenvalue weighted by atomic mass is 16.5. The van der Waals surface area contributed by atoms with E-state index in [-0.39, 0.29) is 6.10 Å². The van der Waals surface area contributed by atoms with Crippen LogP contribution in [0.25, 0.3) is 0 Å². The van der Waals surface area contributed by atoms with Crippen molar-refractivity contribution in [2.45, 2.75) is 13.0 Å². The topological polar surface area (TPSA) is 71.5 Å². The normalized spacial score (nSPS) is 19.9. The predicted molar refractivity (Wildman–Crippen MR) is 72.9 cm³/mol. The molecular formula is C14H19N3O2. The molecule has 1 aromatic rings. The Morgan fingerprint density at radius 1 is 1.58 bits per heavy atom. The van der Waals surface area contributed by atoms with Gasteiger partial charge >= 0.3 is 0 Å². The van der Waals surface area contributed by atoms with E-state index in [2.05, 4.69) is 11.8 Å². The maximum atomic E-state index is 8.77. The second-order valence-electron chi connectivity index (χ2n) is 4.56. The van der Waals surface area contributed by atoms with Gasteiger partial charge in [-0.3, -0.25) is 4.90 Å². The van der Waals surface area contributed by atoms with E-state index in [4.69, 9.17) is 20.5 Å². The molecule has 0 aromatic heterocycles. The summed E-state index contributed by atoms with van der Waals surface area (Å²) < 4.78 is 11.3. The van der Waals surface area contributed by atoms with Gasteiger partial charge in [0.1, 0.15) is 18.5 Å². The van der Waals surface area contributed by atoms with Crippen LogP contribution in [0.2, 0.25) is 0 Å². The molecule has 0 saturated carbocycles. The SMILES string of the molecule is CCN1CCOC(COc2ccc(C#N)cc2N)C1. The number of benzene rings is 1. The van der Waals surface area contributed by atoms with Gasteiger partial charge in [0.25, 0.3) is 0 Å². The third-order valence-corrected chi connectivity index (χ3v) is 3.23. The second kappa shape index (κ2) is 6.41. The van der Waals surface area contributed by atoms with Crippen molar-refractivity contribution >= 4 is 5.69 Å². The maximum absolute atomic E-state index is 8.77. The Morgan fingerprint density at radius 2 is 2.42 bits per heavy atom. The van der Waals surface area contributed by atoms with Crippen molar-refractivity contribution in [1.29, 1.82) is 5.26 Å². The third kappa shape index (κ3) is 3.60. The summed E-state index contributed by atoms with van der Waals surface area (Å²) in [7, 11) is 0. The molecule has 1 aliphatic heterocycles. The first-order valence-electron chi connectivity index (χ1n) is 6.49. The minimum absolute atomic E-state index is 0.0729. The van der Waals surface area contributed by atoms with E-state index in [1.54, 1.807) is 18.2 Å².